The van der Waals surface area contributed by atoms with Crippen LogP contribution < -0.4 is 15.4 Å². The molecular weight excluding hydrogens is 408 g/mol. The summed E-state index contributed by atoms with van der Waals surface area (Å²) >= 11 is 0. The SMILES string of the molecule is COc1ccccc1NC(=O)C1=C(C)Nc2nc(-c3ccco3)nn2[C@H]1c1ccncc1. The van der Waals surface area contributed by atoms with Gasteiger partial charge in [0.25, 0.3) is 5.91 Å². The van der Waals surface area contributed by atoms with E-state index in [0.29, 0.717) is 40.2 Å². The molecule has 9 heteroatoms. The van der Waals surface area contributed by atoms with Gasteiger partial charge in [-0.1, -0.05) is 12.1 Å². The summed E-state index contributed by atoms with van der Waals surface area (Å²) in [6.07, 6.45) is 4.94. The van der Waals surface area contributed by atoms with Gasteiger partial charge in [0, 0.05) is 18.1 Å². The number of hydrogen-bond donors (Lipinski definition) is 2. The first-order valence-corrected chi connectivity index (χ1v) is 9.98. The van der Waals surface area contributed by atoms with Crippen molar-refractivity contribution in [3.05, 3.63) is 84.0 Å². The number of fused-ring (bicyclic) bond motifs is 1. The molecule has 0 aliphatic carbocycles. The molecule has 9 nitrogen and oxygen atoms in total. The molecule has 0 spiro atoms. The lowest BCUT2D eigenvalue weighted by Crippen LogP contribution is -2.31. The number of para-hydroxylation sites is 2. The predicted molar refractivity (Wildman–Crippen MR) is 118 cm³/mol. The smallest absolute Gasteiger partial charge is 0.255 e. The summed E-state index contributed by atoms with van der Waals surface area (Å²) in [4.78, 5) is 22.2. The van der Waals surface area contributed by atoms with Crippen LogP contribution in [0.1, 0.15) is 18.5 Å². The van der Waals surface area contributed by atoms with E-state index in [4.69, 9.17) is 9.15 Å². The highest BCUT2D eigenvalue weighted by Gasteiger charge is 2.35. The van der Waals surface area contributed by atoms with E-state index in [9.17, 15) is 4.79 Å². The number of carbonyl (C=O) groups is 1. The van der Waals surface area contributed by atoms with Gasteiger partial charge in [-0.25, -0.2) is 4.68 Å². The Balaban J connectivity index is 1.59. The zero-order valence-electron chi connectivity index (χ0n) is 17.4. The number of benzene rings is 1. The Bertz CT molecular complexity index is 1290. The number of aromatic nitrogens is 4. The summed E-state index contributed by atoms with van der Waals surface area (Å²) < 4.78 is 12.5. The topological polar surface area (TPSA) is 107 Å². The second-order valence-corrected chi connectivity index (χ2v) is 7.18. The maximum absolute atomic E-state index is 13.5. The summed E-state index contributed by atoms with van der Waals surface area (Å²) in [6.45, 7) is 1.84. The predicted octanol–water partition coefficient (Wildman–Crippen LogP) is 3.87. The molecular formula is C23H20N6O3. The van der Waals surface area contributed by atoms with Crippen LogP contribution in [0.5, 0.6) is 5.75 Å². The zero-order chi connectivity index (χ0) is 22.1. The van der Waals surface area contributed by atoms with Crippen LogP contribution in [-0.4, -0.2) is 32.8 Å². The number of anilines is 2. The van der Waals surface area contributed by atoms with Crippen molar-refractivity contribution in [1.82, 2.24) is 19.7 Å². The molecule has 160 valence electrons. The van der Waals surface area contributed by atoms with Crippen LogP contribution in [-0.2, 0) is 4.79 Å². The van der Waals surface area contributed by atoms with Gasteiger partial charge in [0.05, 0.1) is 24.6 Å². The minimum absolute atomic E-state index is 0.276. The number of ether oxygens (including phenoxy) is 1. The molecule has 1 atom stereocenters. The number of amides is 1. The second-order valence-electron chi connectivity index (χ2n) is 7.18. The Kier molecular flexibility index (Phi) is 4.91. The van der Waals surface area contributed by atoms with Crippen LogP contribution in [0.2, 0.25) is 0 Å². The Labute approximate surface area is 183 Å². The quantitative estimate of drug-likeness (QED) is 0.497. The van der Waals surface area contributed by atoms with Crippen molar-refractivity contribution in [2.75, 3.05) is 17.7 Å². The summed E-state index contributed by atoms with van der Waals surface area (Å²) in [7, 11) is 1.56. The minimum Gasteiger partial charge on any atom is -0.495 e. The molecule has 1 aromatic carbocycles. The molecule has 2 N–H and O–H groups in total. The zero-order valence-corrected chi connectivity index (χ0v) is 17.4. The van der Waals surface area contributed by atoms with E-state index in [1.54, 1.807) is 54.7 Å². The maximum atomic E-state index is 13.5. The third kappa shape index (κ3) is 3.39. The standard InChI is InChI=1S/C23H20N6O3/c1-14-19(22(30)26-16-6-3-4-7-17(16)31-2)20(15-9-11-24-12-10-15)29-23(25-14)27-21(28-29)18-8-5-13-32-18/h3-13,20H,1-2H3,(H,26,30)(H,25,27,28)/t20-/m0/s1. The molecule has 1 aliphatic rings. The summed E-state index contributed by atoms with van der Waals surface area (Å²) in [5, 5.41) is 10.8. The van der Waals surface area contributed by atoms with E-state index in [2.05, 4.69) is 25.7 Å². The molecule has 1 aliphatic heterocycles. The molecule has 0 bridgehead atoms. The number of methoxy groups -OCH3 is 1. The maximum Gasteiger partial charge on any atom is 0.255 e. The van der Waals surface area contributed by atoms with E-state index in [0.717, 1.165) is 5.56 Å². The number of rotatable bonds is 5. The van der Waals surface area contributed by atoms with Crippen molar-refractivity contribution < 1.29 is 13.9 Å². The van der Waals surface area contributed by atoms with Gasteiger partial charge in [-0.3, -0.25) is 9.78 Å². The number of furan rings is 1. The van der Waals surface area contributed by atoms with Crippen LogP contribution >= 0.6 is 0 Å². The van der Waals surface area contributed by atoms with Gasteiger partial charge in [0.15, 0.2) is 5.76 Å². The second kappa shape index (κ2) is 8.03. The lowest BCUT2D eigenvalue weighted by molar-refractivity contribution is -0.113. The molecule has 3 aromatic heterocycles. The Morgan fingerprint density at radius 3 is 2.72 bits per heavy atom. The molecule has 32 heavy (non-hydrogen) atoms. The number of allylic oxidation sites excluding steroid dienone is 1. The first-order valence-electron chi connectivity index (χ1n) is 9.98. The van der Waals surface area contributed by atoms with Crippen LogP contribution in [0.3, 0.4) is 0 Å². The molecule has 0 saturated heterocycles. The van der Waals surface area contributed by atoms with Gasteiger partial charge in [0.2, 0.25) is 11.8 Å². The third-order valence-electron chi connectivity index (χ3n) is 5.22. The average Bonchev–Trinajstić information content (AvgIpc) is 3.49. The highest BCUT2D eigenvalue weighted by molar-refractivity contribution is 6.06. The monoisotopic (exact) mass is 428 g/mol. The Hall–Kier alpha value is -4.40. The van der Waals surface area contributed by atoms with Gasteiger partial charge in [-0.05, 0) is 48.9 Å². The Morgan fingerprint density at radius 2 is 1.97 bits per heavy atom. The molecule has 4 heterocycles. The van der Waals surface area contributed by atoms with E-state index in [1.807, 2.05) is 31.2 Å². The first-order chi connectivity index (χ1) is 15.7. The fraction of sp³-hybridized carbons (Fsp3) is 0.130. The lowest BCUT2D eigenvalue weighted by atomic mass is 9.96. The van der Waals surface area contributed by atoms with Gasteiger partial charge in [0.1, 0.15) is 11.8 Å². The number of nitrogens with zero attached hydrogens (tertiary/aromatic N) is 4. The largest absolute Gasteiger partial charge is 0.495 e. The normalized spacial score (nSPS) is 15.1. The highest BCUT2D eigenvalue weighted by atomic mass is 16.5. The highest BCUT2D eigenvalue weighted by Crippen LogP contribution is 2.37. The molecule has 1 amide bonds. The van der Waals surface area contributed by atoms with E-state index in [1.165, 1.54) is 0 Å². The fourth-order valence-electron chi connectivity index (χ4n) is 3.75. The van der Waals surface area contributed by atoms with E-state index in [-0.39, 0.29) is 5.91 Å². The molecule has 0 unspecified atom stereocenters. The summed E-state index contributed by atoms with van der Waals surface area (Å²) in [5.74, 6) is 1.78. The van der Waals surface area contributed by atoms with Crippen molar-refractivity contribution in [3.63, 3.8) is 0 Å². The van der Waals surface area contributed by atoms with Crippen LogP contribution in [0.25, 0.3) is 11.6 Å². The first kappa shape index (κ1) is 19.6. The molecule has 4 aromatic rings. The van der Waals surface area contributed by atoms with Gasteiger partial charge in [-0.15, -0.1) is 5.10 Å². The van der Waals surface area contributed by atoms with E-state index >= 15 is 0 Å². The number of carbonyl (C=O) groups excluding carboxylic acids is 1. The Morgan fingerprint density at radius 1 is 1.16 bits per heavy atom. The fourth-order valence-corrected chi connectivity index (χ4v) is 3.75. The average molecular weight is 428 g/mol. The van der Waals surface area contributed by atoms with E-state index < -0.39 is 6.04 Å². The molecule has 0 radical (unpaired) electrons. The van der Waals surface area contributed by atoms with Crippen molar-refractivity contribution in [2.45, 2.75) is 13.0 Å². The third-order valence-corrected chi connectivity index (χ3v) is 5.22. The van der Waals surface area contributed by atoms with Crippen molar-refractivity contribution in [2.24, 2.45) is 0 Å². The molecule has 5 rings (SSSR count). The number of hydrogen-bond acceptors (Lipinski definition) is 7. The van der Waals surface area contributed by atoms with Crippen LogP contribution in [0.15, 0.2) is 82.9 Å². The van der Waals surface area contributed by atoms with Crippen molar-refractivity contribution >= 4 is 17.5 Å². The van der Waals surface area contributed by atoms with Crippen molar-refractivity contribution in [3.8, 4) is 17.3 Å². The van der Waals surface area contributed by atoms with Crippen LogP contribution in [0, 0.1) is 0 Å². The summed E-state index contributed by atoms with van der Waals surface area (Å²) in [5.41, 5.74) is 2.60. The van der Waals surface area contributed by atoms with Gasteiger partial charge in [-0.2, -0.15) is 4.98 Å². The number of pyridine rings is 1. The minimum atomic E-state index is -0.514. The van der Waals surface area contributed by atoms with Gasteiger partial charge >= 0.3 is 0 Å². The van der Waals surface area contributed by atoms with Crippen molar-refractivity contribution in [1.29, 1.82) is 0 Å². The molecule has 0 fully saturated rings. The van der Waals surface area contributed by atoms with Crippen LogP contribution in [0.4, 0.5) is 11.6 Å². The lowest BCUT2D eigenvalue weighted by Gasteiger charge is -2.28. The molecule has 0 saturated carbocycles. The number of nitrogens with one attached hydrogen (secondary N) is 2. The van der Waals surface area contributed by atoms with Gasteiger partial charge < -0.3 is 19.8 Å². The summed E-state index contributed by atoms with van der Waals surface area (Å²) in [6, 6.07) is 14.0.